The second-order valence-electron chi connectivity index (χ2n) is 4.64. The fourth-order valence-corrected chi connectivity index (χ4v) is 2.01. The van der Waals surface area contributed by atoms with E-state index >= 15 is 0 Å². The molecule has 1 nitrogen and oxygen atoms in total. The Bertz CT molecular complexity index is 363. The van der Waals surface area contributed by atoms with Gasteiger partial charge in [-0.25, -0.2) is 4.39 Å². The molecular formula is C13H19ClFN. The van der Waals surface area contributed by atoms with Gasteiger partial charge in [0.05, 0.1) is 0 Å². The van der Waals surface area contributed by atoms with Gasteiger partial charge in [-0.1, -0.05) is 25.4 Å². The molecule has 0 heterocycles. The van der Waals surface area contributed by atoms with Crippen LogP contribution in [-0.4, -0.2) is 6.54 Å². The van der Waals surface area contributed by atoms with E-state index in [1.54, 1.807) is 13.0 Å². The number of hydrogen-bond donors (Lipinski definition) is 1. The molecule has 2 N–H and O–H groups in total. The molecule has 90 valence electrons. The Balaban J connectivity index is 2.92. The van der Waals surface area contributed by atoms with Gasteiger partial charge in [-0.2, -0.15) is 0 Å². The number of hydrogen-bond acceptors (Lipinski definition) is 1. The van der Waals surface area contributed by atoms with Crippen molar-refractivity contribution in [2.24, 2.45) is 17.6 Å². The van der Waals surface area contributed by atoms with Crippen LogP contribution in [0.3, 0.4) is 0 Å². The van der Waals surface area contributed by atoms with E-state index in [1.165, 1.54) is 6.07 Å². The molecule has 0 saturated heterocycles. The lowest BCUT2D eigenvalue weighted by Crippen LogP contribution is -2.22. The molecule has 0 saturated carbocycles. The minimum Gasteiger partial charge on any atom is -0.330 e. The summed E-state index contributed by atoms with van der Waals surface area (Å²) in [6.07, 6.45) is 0.740. The zero-order valence-corrected chi connectivity index (χ0v) is 10.8. The summed E-state index contributed by atoms with van der Waals surface area (Å²) in [6, 6.07) is 3.21. The minimum absolute atomic E-state index is 0.195. The van der Waals surface area contributed by atoms with Gasteiger partial charge in [0.15, 0.2) is 0 Å². The molecule has 0 amide bonds. The molecule has 3 heteroatoms. The van der Waals surface area contributed by atoms with Crippen LogP contribution >= 0.6 is 11.6 Å². The van der Waals surface area contributed by atoms with E-state index in [4.69, 9.17) is 17.3 Å². The maximum Gasteiger partial charge on any atom is 0.126 e. The molecule has 0 aliphatic carbocycles. The van der Waals surface area contributed by atoms with E-state index in [0.717, 1.165) is 12.0 Å². The lowest BCUT2D eigenvalue weighted by Gasteiger charge is -2.19. The van der Waals surface area contributed by atoms with Gasteiger partial charge in [-0.15, -0.1) is 0 Å². The van der Waals surface area contributed by atoms with Crippen molar-refractivity contribution in [2.45, 2.75) is 27.2 Å². The van der Waals surface area contributed by atoms with Crippen molar-refractivity contribution in [1.29, 1.82) is 0 Å². The van der Waals surface area contributed by atoms with Gasteiger partial charge >= 0.3 is 0 Å². The summed E-state index contributed by atoms with van der Waals surface area (Å²) >= 11 is 6.10. The van der Waals surface area contributed by atoms with Gasteiger partial charge in [-0.3, -0.25) is 0 Å². The van der Waals surface area contributed by atoms with Gasteiger partial charge in [0.2, 0.25) is 0 Å². The highest BCUT2D eigenvalue weighted by molar-refractivity contribution is 6.31. The number of nitrogens with two attached hydrogens (primary N) is 1. The predicted molar refractivity (Wildman–Crippen MR) is 67.2 cm³/mol. The molecule has 16 heavy (non-hydrogen) atoms. The highest BCUT2D eigenvalue weighted by Gasteiger charge is 2.15. The molecule has 0 aliphatic heterocycles. The van der Waals surface area contributed by atoms with Gasteiger partial charge in [0.1, 0.15) is 5.82 Å². The van der Waals surface area contributed by atoms with Crippen LogP contribution in [0.1, 0.15) is 25.0 Å². The third-order valence-electron chi connectivity index (χ3n) is 3.06. The van der Waals surface area contributed by atoms with Crippen LogP contribution in [0.5, 0.6) is 0 Å². The Kier molecular flexibility index (Phi) is 4.75. The molecule has 0 fully saturated rings. The van der Waals surface area contributed by atoms with E-state index in [-0.39, 0.29) is 5.82 Å². The van der Waals surface area contributed by atoms with Crippen LogP contribution in [0, 0.1) is 24.6 Å². The van der Waals surface area contributed by atoms with Crippen LogP contribution < -0.4 is 5.73 Å². The number of benzene rings is 1. The standard InChI is InChI=1S/C13H19ClFN/c1-8(2)11(7-16)5-10-6-13(15)9(3)4-12(10)14/h4,6,8,11H,5,7,16H2,1-3H3. The van der Waals surface area contributed by atoms with Crippen LogP contribution in [0.15, 0.2) is 12.1 Å². The van der Waals surface area contributed by atoms with E-state index < -0.39 is 0 Å². The molecule has 0 radical (unpaired) electrons. The molecule has 0 spiro atoms. The summed E-state index contributed by atoms with van der Waals surface area (Å²) in [7, 11) is 0. The molecule has 1 rings (SSSR count). The van der Waals surface area contributed by atoms with E-state index in [9.17, 15) is 4.39 Å². The van der Waals surface area contributed by atoms with Crippen molar-refractivity contribution in [3.05, 3.63) is 34.1 Å². The van der Waals surface area contributed by atoms with Crippen molar-refractivity contribution >= 4 is 11.6 Å². The molecular weight excluding hydrogens is 225 g/mol. The predicted octanol–water partition coefficient (Wildman–Crippen LogP) is 3.56. The zero-order chi connectivity index (χ0) is 12.3. The molecule has 0 aliphatic rings. The van der Waals surface area contributed by atoms with Crippen LogP contribution in [0.2, 0.25) is 5.02 Å². The van der Waals surface area contributed by atoms with Gasteiger partial charge in [0.25, 0.3) is 0 Å². The summed E-state index contributed by atoms with van der Waals surface area (Å²) in [5.41, 5.74) is 7.14. The van der Waals surface area contributed by atoms with Crippen molar-refractivity contribution in [2.75, 3.05) is 6.54 Å². The van der Waals surface area contributed by atoms with Crippen molar-refractivity contribution in [3.8, 4) is 0 Å². The first-order chi connectivity index (χ1) is 7.45. The third kappa shape index (κ3) is 3.19. The lowest BCUT2D eigenvalue weighted by molar-refractivity contribution is 0.391. The largest absolute Gasteiger partial charge is 0.330 e. The Morgan fingerprint density at radius 2 is 2.00 bits per heavy atom. The Morgan fingerprint density at radius 1 is 1.38 bits per heavy atom. The number of aryl methyl sites for hydroxylation is 1. The molecule has 0 bridgehead atoms. The summed E-state index contributed by atoms with van der Waals surface area (Å²) in [6.45, 7) is 6.56. The summed E-state index contributed by atoms with van der Waals surface area (Å²) in [5, 5.41) is 0.637. The Hall–Kier alpha value is -0.600. The molecule has 1 aromatic carbocycles. The quantitative estimate of drug-likeness (QED) is 0.860. The maximum atomic E-state index is 13.4. The maximum absolute atomic E-state index is 13.4. The highest BCUT2D eigenvalue weighted by atomic mass is 35.5. The normalized spacial score (nSPS) is 13.2. The molecule has 1 aromatic rings. The van der Waals surface area contributed by atoms with E-state index in [0.29, 0.717) is 29.0 Å². The first-order valence-corrected chi connectivity index (χ1v) is 5.98. The van der Waals surface area contributed by atoms with Crippen molar-refractivity contribution < 1.29 is 4.39 Å². The topological polar surface area (TPSA) is 26.0 Å². The molecule has 1 unspecified atom stereocenters. The SMILES string of the molecule is Cc1cc(Cl)c(CC(CN)C(C)C)cc1F. The number of halogens is 2. The third-order valence-corrected chi connectivity index (χ3v) is 3.41. The summed E-state index contributed by atoms with van der Waals surface area (Å²) in [5.74, 6) is 0.629. The van der Waals surface area contributed by atoms with Crippen LogP contribution in [-0.2, 0) is 6.42 Å². The second kappa shape index (κ2) is 5.65. The van der Waals surface area contributed by atoms with E-state index in [2.05, 4.69) is 13.8 Å². The Labute approximate surface area is 102 Å². The van der Waals surface area contributed by atoms with Crippen LogP contribution in [0.4, 0.5) is 4.39 Å². The summed E-state index contributed by atoms with van der Waals surface area (Å²) < 4.78 is 13.4. The first-order valence-electron chi connectivity index (χ1n) is 5.60. The monoisotopic (exact) mass is 243 g/mol. The van der Waals surface area contributed by atoms with Gasteiger partial charge in [0, 0.05) is 5.02 Å². The number of rotatable bonds is 4. The lowest BCUT2D eigenvalue weighted by atomic mass is 9.89. The van der Waals surface area contributed by atoms with Crippen LogP contribution in [0.25, 0.3) is 0 Å². The van der Waals surface area contributed by atoms with Crippen molar-refractivity contribution in [3.63, 3.8) is 0 Å². The zero-order valence-electron chi connectivity index (χ0n) is 10.1. The highest BCUT2D eigenvalue weighted by Crippen LogP contribution is 2.25. The van der Waals surface area contributed by atoms with Gasteiger partial charge < -0.3 is 5.73 Å². The second-order valence-corrected chi connectivity index (χ2v) is 5.04. The van der Waals surface area contributed by atoms with Crippen molar-refractivity contribution in [1.82, 2.24) is 0 Å². The molecule has 1 atom stereocenters. The average Bonchev–Trinajstić information content (AvgIpc) is 2.21. The summed E-state index contributed by atoms with van der Waals surface area (Å²) in [4.78, 5) is 0. The fourth-order valence-electron chi connectivity index (χ4n) is 1.72. The first kappa shape index (κ1) is 13.5. The van der Waals surface area contributed by atoms with E-state index in [1.807, 2.05) is 0 Å². The fraction of sp³-hybridized carbons (Fsp3) is 0.538. The molecule has 0 aromatic heterocycles. The average molecular weight is 244 g/mol. The smallest absolute Gasteiger partial charge is 0.126 e. The Morgan fingerprint density at radius 3 is 2.50 bits per heavy atom. The van der Waals surface area contributed by atoms with Gasteiger partial charge in [-0.05, 0) is 55.0 Å². The minimum atomic E-state index is -0.195.